The topological polar surface area (TPSA) is 64.8 Å². The van der Waals surface area contributed by atoms with Gasteiger partial charge in [-0.05, 0) is 40.9 Å². The highest BCUT2D eigenvalue weighted by atomic mass is 79.9. The van der Waals surface area contributed by atoms with E-state index in [1.165, 1.54) is 0 Å². The molecule has 6 heteroatoms. The second-order valence-corrected chi connectivity index (χ2v) is 5.70. The van der Waals surface area contributed by atoms with E-state index < -0.39 is 0 Å². The molecule has 0 aliphatic carbocycles. The smallest absolute Gasteiger partial charge is 0.254 e. The number of halogens is 1. The Morgan fingerprint density at radius 1 is 1.42 bits per heavy atom. The van der Waals surface area contributed by atoms with E-state index in [1.807, 2.05) is 0 Å². The Bertz CT molecular complexity index is 521. The Morgan fingerprint density at radius 2 is 2.26 bits per heavy atom. The maximum atomic E-state index is 12.5. The molecule has 1 fully saturated rings. The highest BCUT2D eigenvalue weighted by Gasteiger charge is 2.25. The number of hydrogen-bond acceptors (Lipinski definition) is 4. The molecule has 1 saturated heterocycles. The van der Waals surface area contributed by atoms with E-state index in [0.717, 1.165) is 23.9 Å². The van der Waals surface area contributed by atoms with Crippen LogP contribution < -0.4 is 15.2 Å². The summed E-state index contributed by atoms with van der Waals surface area (Å²) in [5.74, 6) is 1.26. The van der Waals surface area contributed by atoms with Crippen LogP contribution in [0.2, 0.25) is 0 Å². The van der Waals surface area contributed by atoms with E-state index in [2.05, 4.69) is 15.9 Å². The highest BCUT2D eigenvalue weighted by Crippen LogP contribution is 2.40. The van der Waals surface area contributed by atoms with E-state index in [4.69, 9.17) is 15.2 Å². The number of rotatable bonds is 1. The molecule has 2 heterocycles. The Hall–Kier alpha value is -1.27. The monoisotopic (exact) mass is 326 g/mol. The molecular weight excluding hydrogens is 312 g/mol. The van der Waals surface area contributed by atoms with Crippen molar-refractivity contribution >= 4 is 21.8 Å². The lowest BCUT2D eigenvalue weighted by Crippen LogP contribution is -2.45. The zero-order valence-electron chi connectivity index (χ0n) is 10.4. The number of ether oxygens (including phenoxy) is 2. The molecule has 102 valence electrons. The lowest BCUT2D eigenvalue weighted by Gasteiger charge is -2.30. The molecule has 1 unspecified atom stereocenters. The van der Waals surface area contributed by atoms with Crippen LogP contribution in [0.25, 0.3) is 0 Å². The van der Waals surface area contributed by atoms with Gasteiger partial charge in [0.15, 0.2) is 11.5 Å². The van der Waals surface area contributed by atoms with Gasteiger partial charge in [-0.1, -0.05) is 0 Å². The van der Waals surface area contributed by atoms with Gasteiger partial charge in [-0.3, -0.25) is 4.79 Å². The second kappa shape index (κ2) is 5.02. The molecule has 1 atom stereocenters. The summed E-state index contributed by atoms with van der Waals surface area (Å²) in [5.41, 5.74) is 6.52. The van der Waals surface area contributed by atoms with Crippen molar-refractivity contribution < 1.29 is 14.3 Å². The number of nitrogens with zero attached hydrogens (tertiary/aromatic N) is 1. The predicted octanol–water partition coefficient (Wildman–Crippen LogP) is 1.74. The van der Waals surface area contributed by atoms with Gasteiger partial charge in [0.2, 0.25) is 6.79 Å². The van der Waals surface area contributed by atoms with Crippen molar-refractivity contribution in [1.82, 2.24) is 4.90 Å². The van der Waals surface area contributed by atoms with Crippen molar-refractivity contribution in [3.8, 4) is 11.5 Å². The number of fused-ring (bicyclic) bond motifs is 1. The Balaban J connectivity index is 1.86. The molecule has 2 N–H and O–H groups in total. The maximum Gasteiger partial charge on any atom is 0.254 e. The minimum Gasteiger partial charge on any atom is -0.454 e. The standard InChI is InChI=1S/C13H15BrN2O3/c14-10-4-8(5-11-12(10)19-7-18-11)13(17)16-3-1-2-9(15)6-16/h4-5,9H,1-3,6-7,15H2. The fourth-order valence-corrected chi connectivity index (χ4v) is 3.02. The van der Waals surface area contributed by atoms with Gasteiger partial charge in [-0.15, -0.1) is 0 Å². The Kier molecular flexibility index (Phi) is 3.36. The third-order valence-electron chi connectivity index (χ3n) is 3.42. The number of nitrogens with two attached hydrogens (primary N) is 1. The van der Waals surface area contributed by atoms with Crippen LogP contribution in [0.5, 0.6) is 11.5 Å². The minimum atomic E-state index is -0.00542. The fraction of sp³-hybridized carbons (Fsp3) is 0.462. The van der Waals surface area contributed by atoms with Crippen LogP contribution in [0.1, 0.15) is 23.2 Å². The number of benzene rings is 1. The van der Waals surface area contributed by atoms with Crippen molar-refractivity contribution in [2.24, 2.45) is 5.73 Å². The second-order valence-electron chi connectivity index (χ2n) is 4.85. The lowest BCUT2D eigenvalue weighted by molar-refractivity contribution is 0.0708. The van der Waals surface area contributed by atoms with Crippen LogP contribution in [0.15, 0.2) is 16.6 Å². The molecule has 0 saturated carbocycles. The number of hydrogen-bond donors (Lipinski definition) is 1. The van der Waals surface area contributed by atoms with Crippen molar-refractivity contribution in [2.45, 2.75) is 18.9 Å². The number of carbonyl (C=O) groups is 1. The maximum absolute atomic E-state index is 12.5. The molecule has 2 aliphatic heterocycles. The molecule has 3 rings (SSSR count). The van der Waals surface area contributed by atoms with Crippen LogP contribution in [0, 0.1) is 0 Å². The van der Waals surface area contributed by atoms with Crippen LogP contribution in [-0.2, 0) is 0 Å². The van der Waals surface area contributed by atoms with Crippen molar-refractivity contribution in [3.63, 3.8) is 0 Å². The molecule has 2 aliphatic rings. The number of carbonyl (C=O) groups excluding carboxylic acids is 1. The van der Waals surface area contributed by atoms with Crippen LogP contribution in [-0.4, -0.2) is 36.7 Å². The molecule has 5 nitrogen and oxygen atoms in total. The first-order valence-corrected chi connectivity index (χ1v) is 7.08. The summed E-state index contributed by atoms with van der Waals surface area (Å²) in [7, 11) is 0. The summed E-state index contributed by atoms with van der Waals surface area (Å²) in [6, 6.07) is 3.58. The van der Waals surface area contributed by atoms with Gasteiger partial charge < -0.3 is 20.1 Å². The quantitative estimate of drug-likeness (QED) is 0.853. The largest absolute Gasteiger partial charge is 0.454 e. The van der Waals surface area contributed by atoms with Crippen molar-refractivity contribution in [2.75, 3.05) is 19.9 Å². The van der Waals surface area contributed by atoms with E-state index in [0.29, 0.717) is 23.6 Å². The summed E-state index contributed by atoms with van der Waals surface area (Å²) in [4.78, 5) is 14.3. The van der Waals surface area contributed by atoms with E-state index in [-0.39, 0.29) is 18.7 Å². The van der Waals surface area contributed by atoms with Crippen LogP contribution >= 0.6 is 15.9 Å². The first-order valence-electron chi connectivity index (χ1n) is 6.29. The number of likely N-dealkylation sites (tertiary alicyclic amines) is 1. The van der Waals surface area contributed by atoms with Gasteiger partial charge in [-0.25, -0.2) is 0 Å². The molecule has 0 aromatic heterocycles. The molecule has 0 spiro atoms. The lowest BCUT2D eigenvalue weighted by atomic mass is 10.1. The zero-order valence-corrected chi connectivity index (χ0v) is 12.0. The molecule has 0 radical (unpaired) electrons. The molecule has 19 heavy (non-hydrogen) atoms. The number of piperidine rings is 1. The summed E-state index contributed by atoms with van der Waals surface area (Å²) in [5, 5.41) is 0. The molecule has 1 aromatic carbocycles. The first kappa shape index (κ1) is 12.7. The van der Waals surface area contributed by atoms with E-state index in [1.54, 1.807) is 17.0 Å². The summed E-state index contributed by atoms with van der Waals surface area (Å²) in [6.07, 6.45) is 1.94. The minimum absolute atomic E-state index is 0.00542. The average Bonchev–Trinajstić information content (AvgIpc) is 2.86. The van der Waals surface area contributed by atoms with Gasteiger partial charge in [0, 0.05) is 24.7 Å². The van der Waals surface area contributed by atoms with E-state index >= 15 is 0 Å². The van der Waals surface area contributed by atoms with Gasteiger partial charge in [-0.2, -0.15) is 0 Å². The highest BCUT2D eigenvalue weighted by molar-refractivity contribution is 9.10. The normalized spacial score (nSPS) is 21.6. The summed E-state index contributed by atoms with van der Waals surface area (Å²) >= 11 is 3.40. The fourth-order valence-electron chi connectivity index (χ4n) is 2.47. The third-order valence-corrected chi connectivity index (χ3v) is 4.01. The van der Waals surface area contributed by atoms with Crippen molar-refractivity contribution in [1.29, 1.82) is 0 Å². The molecular formula is C13H15BrN2O3. The summed E-state index contributed by atoms with van der Waals surface area (Å²) < 4.78 is 11.4. The average molecular weight is 327 g/mol. The van der Waals surface area contributed by atoms with Gasteiger partial charge >= 0.3 is 0 Å². The van der Waals surface area contributed by atoms with Crippen LogP contribution in [0.3, 0.4) is 0 Å². The first-order chi connectivity index (χ1) is 9.15. The molecule has 0 bridgehead atoms. The third kappa shape index (κ3) is 2.42. The van der Waals surface area contributed by atoms with Gasteiger partial charge in [0.05, 0.1) is 4.47 Å². The predicted molar refractivity (Wildman–Crippen MR) is 73.4 cm³/mol. The Labute approximate surface area is 119 Å². The van der Waals surface area contributed by atoms with E-state index in [9.17, 15) is 4.79 Å². The SMILES string of the molecule is NC1CCCN(C(=O)c2cc(Br)c3c(c2)OCO3)C1. The van der Waals surface area contributed by atoms with Gasteiger partial charge in [0.25, 0.3) is 5.91 Å². The Morgan fingerprint density at radius 3 is 3.05 bits per heavy atom. The van der Waals surface area contributed by atoms with Crippen LogP contribution in [0.4, 0.5) is 0 Å². The van der Waals surface area contributed by atoms with Gasteiger partial charge in [0.1, 0.15) is 0 Å². The summed E-state index contributed by atoms with van der Waals surface area (Å²) in [6.45, 7) is 1.57. The number of amides is 1. The van der Waals surface area contributed by atoms with Crippen molar-refractivity contribution in [3.05, 3.63) is 22.2 Å². The zero-order chi connectivity index (χ0) is 13.4. The molecule has 1 amide bonds. The molecule has 1 aromatic rings.